The van der Waals surface area contributed by atoms with E-state index < -0.39 is 0 Å². The van der Waals surface area contributed by atoms with Crippen LogP contribution in [0.5, 0.6) is 0 Å². The quantitative estimate of drug-likeness (QED) is 0.783. The third-order valence-electron chi connectivity index (χ3n) is 4.76. The van der Waals surface area contributed by atoms with Crippen molar-refractivity contribution in [3.05, 3.63) is 58.7 Å². The number of carbonyl (C=O) groups is 2. The van der Waals surface area contributed by atoms with E-state index in [1.165, 1.54) is 11.1 Å². The average molecular weight is 369 g/mol. The minimum Gasteiger partial charge on any atom is -0.326 e. The maximum absolute atomic E-state index is 12.8. The van der Waals surface area contributed by atoms with E-state index in [4.69, 9.17) is 0 Å². The fraction of sp³-hybridized carbons (Fsp3) is 0.333. The number of nitrogens with one attached hydrogen (secondary N) is 1. The second-order valence-electron chi connectivity index (χ2n) is 6.77. The lowest BCUT2D eigenvalue weighted by molar-refractivity contribution is -0.118. The van der Waals surface area contributed by atoms with E-state index in [-0.39, 0.29) is 11.8 Å². The van der Waals surface area contributed by atoms with Crippen LogP contribution in [-0.2, 0) is 22.6 Å². The zero-order valence-electron chi connectivity index (χ0n) is 15.2. The molecule has 0 saturated heterocycles. The molecular formula is C21H24N2O2S. The highest BCUT2D eigenvalue weighted by Gasteiger charge is 2.20. The summed E-state index contributed by atoms with van der Waals surface area (Å²) < 4.78 is 0. The molecular weight excluding hydrogens is 344 g/mol. The molecule has 4 nitrogen and oxygen atoms in total. The molecule has 5 heteroatoms. The number of thiol groups is 1. The number of carbonyl (C=O) groups excluding carboxylic acids is 2. The lowest BCUT2D eigenvalue weighted by Gasteiger charge is -2.26. The largest absolute Gasteiger partial charge is 0.326 e. The van der Waals surface area contributed by atoms with Gasteiger partial charge in [-0.05, 0) is 60.9 Å². The van der Waals surface area contributed by atoms with Gasteiger partial charge in [-0.1, -0.05) is 23.8 Å². The summed E-state index contributed by atoms with van der Waals surface area (Å²) in [5.74, 6) is 0.618. The van der Waals surface area contributed by atoms with Gasteiger partial charge in [0.25, 0.3) is 0 Å². The summed E-state index contributed by atoms with van der Waals surface area (Å²) in [7, 11) is 0. The number of benzene rings is 2. The van der Waals surface area contributed by atoms with Crippen LogP contribution in [0.25, 0.3) is 0 Å². The Kier molecular flexibility index (Phi) is 5.67. The van der Waals surface area contributed by atoms with Crippen LogP contribution < -0.4 is 10.2 Å². The lowest BCUT2D eigenvalue weighted by Crippen LogP contribution is -2.31. The molecule has 1 heterocycles. The molecule has 0 radical (unpaired) electrons. The third kappa shape index (κ3) is 4.10. The summed E-state index contributed by atoms with van der Waals surface area (Å²) in [5, 5.41) is 2.89. The number of rotatable bonds is 5. The normalized spacial score (nSPS) is 13.1. The molecule has 0 atom stereocenters. The first-order valence-corrected chi connectivity index (χ1v) is 9.51. The number of anilines is 2. The SMILES string of the molecule is Cc1ccc(C)c(CN(C(=O)CCS)c2ccc3c(c2)CCC(=O)N3)c1. The number of fused-ring (bicyclic) bond motifs is 1. The van der Waals surface area contributed by atoms with E-state index >= 15 is 0 Å². The zero-order chi connectivity index (χ0) is 18.7. The monoisotopic (exact) mass is 368 g/mol. The molecule has 2 aromatic rings. The van der Waals surface area contributed by atoms with Crippen molar-refractivity contribution >= 4 is 35.8 Å². The van der Waals surface area contributed by atoms with E-state index in [0.29, 0.717) is 31.6 Å². The average Bonchev–Trinajstić information content (AvgIpc) is 2.62. The van der Waals surface area contributed by atoms with Crippen LogP contribution in [0.15, 0.2) is 36.4 Å². The van der Waals surface area contributed by atoms with Crippen molar-refractivity contribution in [2.75, 3.05) is 16.0 Å². The van der Waals surface area contributed by atoms with Crippen molar-refractivity contribution in [2.45, 2.75) is 39.7 Å². The first-order valence-electron chi connectivity index (χ1n) is 8.88. The van der Waals surface area contributed by atoms with Crippen LogP contribution in [0.2, 0.25) is 0 Å². The summed E-state index contributed by atoms with van der Waals surface area (Å²) in [4.78, 5) is 26.2. The molecule has 3 rings (SSSR count). The van der Waals surface area contributed by atoms with Crippen molar-refractivity contribution in [2.24, 2.45) is 0 Å². The molecule has 1 aliphatic rings. The Balaban J connectivity index is 1.95. The second kappa shape index (κ2) is 7.96. The molecule has 0 aromatic heterocycles. The molecule has 2 aromatic carbocycles. The lowest BCUT2D eigenvalue weighted by atomic mass is 10.0. The fourth-order valence-electron chi connectivity index (χ4n) is 3.23. The van der Waals surface area contributed by atoms with E-state index in [1.54, 1.807) is 0 Å². The van der Waals surface area contributed by atoms with Gasteiger partial charge in [-0.3, -0.25) is 9.59 Å². The molecule has 0 fully saturated rings. The van der Waals surface area contributed by atoms with E-state index in [1.807, 2.05) is 23.1 Å². The first kappa shape index (κ1) is 18.5. The van der Waals surface area contributed by atoms with Crippen molar-refractivity contribution in [1.29, 1.82) is 0 Å². The fourth-order valence-corrected chi connectivity index (χ4v) is 3.42. The molecule has 1 aliphatic heterocycles. The van der Waals surface area contributed by atoms with Gasteiger partial charge in [0.15, 0.2) is 0 Å². The first-order chi connectivity index (χ1) is 12.5. The molecule has 136 valence electrons. The molecule has 2 amide bonds. The van der Waals surface area contributed by atoms with Crippen molar-refractivity contribution < 1.29 is 9.59 Å². The number of hydrogen-bond donors (Lipinski definition) is 2. The van der Waals surface area contributed by atoms with Crippen molar-refractivity contribution in [1.82, 2.24) is 0 Å². The molecule has 26 heavy (non-hydrogen) atoms. The third-order valence-corrected chi connectivity index (χ3v) is 4.98. The van der Waals surface area contributed by atoms with Crippen LogP contribution in [0.1, 0.15) is 35.1 Å². The number of aryl methyl sites for hydroxylation is 3. The summed E-state index contributed by atoms with van der Waals surface area (Å²) in [6, 6.07) is 12.1. The van der Waals surface area contributed by atoms with Gasteiger partial charge in [-0.2, -0.15) is 12.6 Å². The Labute approximate surface area is 160 Å². The van der Waals surface area contributed by atoms with Crippen LogP contribution >= 0.6 is 12.6 Å². The van der Waals surface area contributed by atoms with E-state index in [0.717, 1.165) is 22.5 Å². The number of hydrogen-bond acceptors (Lipinski definition) is 3. The van der Waals surface area contributed by atoms with Crippen LogP contribution in [-0.4, -0.2) is 17.6 Å². The maximum Gasteiger partial charge on any atom is 0.228 e. The highest BCUT2D eigenvalue weighted by atomic mass is 32.1. The van der Waals surface area contributed by atoms with Crippen molar-refractivity contribution in [3.8, 4) is 0 Å². The number of nitrogens with zero attached hydrogens (tertiary/aromatic N) is 1. The van der Waals surface area contributed by atoms with Crippen LogP contribution in [0.4, 0.5) is 11.4 Å². The van der Waals surface area contributed by atoms with Crippen molar-refractivity contribution in [3.63, 3.8) is 0 Å². The molecule has 0 aliphatic carbocycles. The van der Waals surface area contributed by atoms with Gasteiger partial charge in [0.2, 0.25) is 11.8 Å². The van der Waals surface area contributed by atoms with Gasteiger partial charge in [0.1, 0.15) is 0 Å². The Bertz CT molecular complexity index is 848. The topological polar surface area (TPSA) is 49.4 Å². The van der Waals surface area contributed by atoms with Gasteiger partial charge in [0.05, 0.1) is 6.54 Å². The Morgan fingerprint density at radius 1 is 1.15 bits per heavy atom. The molecule has 0 unspecified atom stereocenters. The predicted molar refractivity (Wildman–Crippen MR) is 109 cm³/mol. The zero-order valence-corrected chi connectivity index (χ0v) is 16.1. The predicted octanol–water partition coefficient (Wildman–Crippen LogP) is 4.04. The standard InChI is InChI=1S/C21H24N2O2S/c1-14-3-4-15(2)17(11-14)13-23(21(25)9-10-26)18-6-7-19-16(12-18)5-8-20(24)22-19/h3-4,6-7,11-12,26H,5,8-10,13H2,1-2H3,(H,22,24). The van der Waals surface area contributed by atoms with Gasteiger partial charge in [0, 0.05) is 24.2 Å². The summed E-state index contributed by atoms with van der Waals surface area (Å²) in [5.41, 5.74) is 6.28. The highest BCUT2D eigenvalue weighted by molar-refractivity contribution is 7.80. The highest BCUT2D eigenvalue weighted by Crippen LogP contribution is 2.29. The van der Waals surface area contributed by atoms with Gasteiger partial charge in [-0.25, -0.2) is 0 Å². The van der Waals surface area contributed by atoms with Gasteiger partial charge >= 0.3 is 0 Å². The maximum atomic E-state index is 12.8. The van der Waals surface area contributed by atoms with E-state index in [2.05, 4.69) is 50.0 Å². The van der Waals surface area contributed by atoms with E-state index in [9.17, 15) is 9.59 Å². The summed E-state index contributed by atoms with van der Waals surface area (Å²) in [6.07, 6.45) is 1.58. The van der Waals surface area contributed by atoms with Crippen LogP contribution in [0.3, 0.4) is 0 Å². The molecule has 0 saturated carbocycles. The molecule has 1 N–H and O–H groups in total. The van der Waals surface area contributed by atoms with Crippen LogP contribution in [0, 0.1) is 13.8 Å². The molecule has 0 bridgehead atoms. The summed E-state index contributed by atoms with van der Waals surface area (Å²) >= 11 is 4.22. The smallest absolute Gasteiger partial charge is 0.228 e. The Morgan fingerprint density at radius 2 is 1.96 bits per heavy atom. The molecule has 0 spiro atoms. The second-order valence-corrected chi connectivity index (χ2v) is 7.22. The summed E-state index contributed by atoms with van der Waals surface area (Å²) in [6.45, 7) is 4.66. The Morgan fingerprint density at radius 3 is 2.73 bits per heavy atom. The minimum atomic E-state index is 0.0450. The van der Waals surface area contributed by atoms with Gasteiger partial charge < -0.3 is 10.2 Å². The minimum absolute atomic E-state index is 0.0450. The van der Waals surface area contributed by atoms with Gasteiger partial charge in [-0.15, -0.1) is 0 Å². The Hall–Kier alpha value is -2.27. The number of amides is 2.